The number of nitrogens with zero attached hydrogens (tertiary/aromatic N) is 2. The largest absolute Gasteiger partial charge is 0.484 e. The summed E-state index contributed by atoms with van der Waals surface area (Å²) in [5, 5.41) is 21.9. The Bertz CT molecular complexity index is 1300. The van der Waals surface area contributed by atoms with E-state index in [9.17, 15) is 18.7 Å². The quantitative estimate of drug-likeness (QED) is 0.437. The van der Waals surface area contributed by atoms with Gasteiger partial charge in [-0.1, -0.05) is 28.3 Å². The van der Waals surface area contributed by atoms with E-state index in [1.165, 1.54) is 24.3 Å². The molecule has 36 heavy (non-hydrogen) atoms. The fourth-order valence-corrected chi connectivity index (χ4v) is 5.19. The summed E-state index contributed by atoms with van der Waals surface area (Å²) >= 11 is 11.3. The van der Waals surface area contributed by atoms with Crippen molar-refractivity contribution < 1.29 is 32.6 Å². The molecular weight excluding hydrogens is 519 g/mol. The van der Waals surface area contributed by atoms with E-state index in [4.69, 9.17) is 37.1 Å². The summed E-state index contributed by atoms with van der Waals surface area (Å²) in [6.45, 7) is -0.306. The van der Waals surface area contributed by atoms with Gasteiger partial charge in [0.2, 0.25) is 5.89 Å². The normalized spacial score (nSPS) is 25.0. The molecule has 1 atom stereocenters. The molecule has 6 rings (SSSR count). The number of nitrogens with one attached hydrogen (secondary N) is 1. The number of hydrogen-bond donors (Lipinski definition) is 2. The highest BCUT2D eigenvalue weighted by Crippen LogP contribution is 2.53. The first-order valence-corrected chi connectivity index (χ1v) is 12.0. The SMILES string of the molecule is O=C(COc1ccc(Cl)c(F)c1)NC12CCC(c3nnc(Oc4ccc(Cl)c(F)c4)o3)(CC1)C(O)C2. The molecule has 1 unspecified atom stereocenters. The van der Waals surface area contributed by atoms with E-state index in [1.807, 2.05) is 0 Å². The van der Waals surface area contributed by atoms with Crippen LogP contribution in [0.25, 0.3) is 0 Å². The first kappa shape index (κ1) is 24.7. The number of aliphatic hydroxyl groups excluding tert-OH is 1. The van der Waals surface area contributed by atoms with Crippen LogP contribution in [0.3, 0.4) is 0 Å². The van der Waals surface area contributed by atoms with Crippen LogP contribution >= 0.6 is 23.2 Å². The smallest absolute Gasteiger partial charge is 0.420 e. The highest BCUT2D eigenvalue weighted by molar-refractivity contribution is 6.31. The van der Waals surface area contributed by atoms with Gasteiger partial charge in [-0.05, 0) is 56.4 Å². The van der Waals surface area contributed by atoms with Gasteiger partial charge in [-0.15, -0.1) is 5.10 Å². The number of halogens is 4. The lowest BCUT2D eigenvalue weighted by Crippen LogP contribution is -2.64. The van der Waals surface area contributed by atoms with Crippen molar-refractivity contribution in [2.75, 3.05) is 6.61 Å². The van der Waals surface area contributed by atoms with Crippen LogP contribution in [0, 0.1) is 11.6 Å². The molecule has 2 bridgehead atoms. The molecule has 0 radical (unpaired) electrons. The van der Waals surface area contributed by atoms with Crippen molar-refractivity contribution in [3.8, 4) is 17.6 Å². The van der Waals surface area contributed by atoms with E-state index in [-0.39, 0.29) is 52.4 Å². The molecule has 0 saturated heterocycles. The maximum absolute atomic E-state index is 13.7. The molecule has 12 heteroatoms. The zero-order valence-electron chi connectivity index (χ0n) is 18.8. The number of fused-ring (bicyclic) bond motifs is 3. The predicted molar refractivity (Wildman–Crippen MR) is 124 cm³/mol. The van der Waals surface area contributed by atoms with Crippen molar-refractivity contribution in [1.29, 1.82) is 0 Å². The summed E-state index contributed by atoms with van der Waals surface area (Å²) in [6, 6.07) is 7.85. The van der Waals surface area contributed by atoms with Crippen molar-refractivity contribution in [2.24, 2.45) is 0 Å². The summed E-state index contributed by atoms with van der Waals surface area (Å²) in [7, 11) is 0. The van der Waals surface area contributed by atoms with Gasteiger partial charge in [0.25, 0.3) is 5.91 Å². The van der Waals surface area contributed by atoms with Gasteiger partial charge in [-0.2, -0.15) is 0 Å². The fraction of sp³-hybridized carbons (Fsp3) is 0.375. The number of aliphatic hydroxyl groups is 1. The van der Waals surface area contributed by atoms with E-state index >= 15 is 0 Å². The average molecular weight is 540 g/mol. The maximum Gasteiger partial charge on any atom is 0.420 e. The van der Waals surface area contributed by atoms with Gasteiger partial charge >= 0.3 is 6.08 Å². The van der Waals surface area contributed by atoms with Crippen LogP contribution in [0.15, 0.2) is 40.8 Å². The Kier molecular flexibility index (Phi) is 6.52. The van der Waals surface area contributed by atoms with Gasteiger partial charge < -0.3 is 24.3 Å². The van der Waals surface area contributed by atoms with Crippen molar-refractivity contribution >= 4 is 29.1 Å². The van der Waals surface area contributed by atoms with Gasteiger partial charge in [-0.3, -0.25) is 4.79 Å². The summed E-state index contributed by atoms with van der Waals surface area (Å²) in [5.74, 6) is -1.11. The second kappa shape index (κ2) is 9.49. The Hall–Kier alpha value is -2.95. The molecule has 2 aromatic carbocycles. The van der Waals surface area contributed by atoms with Crippen LogP contribution < -0.4 is 14.8 Å². The Balaban J connectivity index is 1.21. The lowest BCUT2D eigenvalue weighted by molar-refractivity contribution is -0.129. The highest BCUT2D eigenvalue weighted by Gasteiger charge is 2.58. The molecule has 1 amide bonds. The van der Waals surface area contributed by atoms with Crippen molar-refractivity contribution in [3.63, 3.8) is 0 Å². The molecule has 8 nitrogen and oxygen atoms in total. The van der Waals surface area contributed by atoms with Gasteiger partial charge in [0.1, 0.15) is 23.1 Å². The average Bonchev–Trinajstić information content (AvgIpc) is 3.32. The van der Waals surface area contributed by atoms with Crippen LogP contribution in [0.4, 0.5) is 8.78 Å². The molecule has 1 aromatic heterocycles. The summed E-state index contributed by atoms with van der Waals surface area (Å²) in [6.07, 6.45) is 1.39. The Labute approximate surface area is 214 Å². The van der Waals surface area contributed by atoms with Crippen LogP contribution in [-0.2, 0) is 10.2 Å². The predicted octanol–water partition coefficient (Wildman–Crippen LogP) is 4.96. The molecule has 3 aromatic rings. The summed E-state index contributed by atoms with van der Waals surface area (Å²) < 4.78 is 43.8. The minimum Gasteiger partial charge on any atom is -0.484 e. The minimum absolute atomic E-state index is 0.0358. The highest BCUT2D eigenvalue weighted by atomic mass is 35.5. The van der Waals surface area contributed by atoms with Crippen LogP contribution in [0.2, 0.25) is 10.0 Å². The van der Waals surface area contributed by atoms with Gasteiger partial charge in [-0.25, -0.2) is 8.78 Å². The van der Waals surface area contributed by atoms with Crippen molar-refractivity contribution in [1.82, 2.24) is 15.5 Å². The fourth-order valence-electron chi connectivity index (χ4n) is 4.95. The van der Waals surface area contributed by atoms with Crippen LogP contribution in [-0.4, -0.2) is 39.5 Å². The molecule has 3 saturated carbocycles. The lowest BCUT2D eigenvalue weighted by atomic mass is 9.55. The summed E-state index contributed by atoms with van der Waals surface area (Å²) in [5.41, 5.74) is -1.38. The second-order valence-electron chi connectivity index (χ2n) is 9.12. The number of rotatable bonds is 7. The van der Waals surface area contributed by atoms with Gasteiger partial charge in [0.05, 0.1) is 21.6 Å². The number of benzene rings is 2. The molecule has 3 aliphatic rings. The molecule has 3 fully saturated rings. The first-order chi connectivity index (χ1) is 17.2. The lowest BCUT2D eigenvalue weighted by Gasteiger charge is -2.54. The van der Waals surface area contributed by atoms with Gasteiger partial charge in [0.15, 0.2) is 6.61 Å². The third-order valence-electron chi connectivity index (χ3n) is 6.92. The van der Waals surface area contributed by atoms with Crippen molar-refractivity contribution in [2.45, 2.75) is 49.2 Å². The Morgan fingerprint density at radius 3 is 2.33 bits per heavy atom. The topological polar surface area (TPSA) is 107 Å². The molecule has 0 spiro atoms. The zero-order chi connectivity index (χ0) is 25.5. The first-order valence-electron chi connectivity index (χ1n) is 11.2. The molecule has 2 N–H and O–H groups in total. The Morgan fingerprint density at radius 2 is 1.69 bits per heavy atom. The molecule has 0 aliphatic heterocycles. The molecule has 3 aliphatic carbocycles. The number of amides is 1. The Morgan fingerprint density at radius 1 is 1.06 bits per heavy atom. The minimum atomic E-state index is -0.854. The molecule has 190 valence electrons. The monoisotopic (exact) mass is 539 g/mol. The van der Waals surface area contributed by atoms with E-state index in [1.54, 1.807) is 0 Å². The number of carbonyl (C=O) groups excluding carboxylic acids is 1. The second-order valence-corrected chi connectivity index (χ2v) is 9.93. The number of aromatic nitrogens is 2. The third-order valence-corrected chi connectivity index (χ3v) is 7.53. The van der Waals surface area contributed by atoms with Gasteiger partial charge in [0, 0.05) is 17.7 Å². The summed E-state index contributed by atoms with van der Waals surface area (Å²) in [4.78, 5) is 12.6. The van der Waals surface area contributed by atoms with Crippen molar-refractivity contribution in [3.05, 3.63) is 64.0 Å². The number of hydrogen-bond acceptors (Lipinski definition) is 7. The zero-order valence-corrected chi connectivity index (χ0v) is 20.3. The van der Waals surface area contributed by atoms with E-state index in [0.29, 0.717) is 25.7 Å². The number of carbonyl (C=O) groups is 1. The van der Waals surface area contributed by atoms with E-state index in [0.717, 1.165) is 12.1 Å². The van der Waals surface area contributed by atoms with Crippen LogP contribution in [0.1, 0.15) is 38.0 Å². The standard InChI is InChI=1S/C24H21Cl2F2N3O5/c25-15-3-1-13(9-17(15)27)34-12-20(33)29-23-5-7-24(8-6-23,19(32)11-23)21-30-31-22(36-21)35-14-2-4-16(26)18(28)10-14/h1-4,9-10,19,32H,5-8,11-12H2,(H,29,33). The molecular formula is C24H21Cl2F2N3O5. The van der Waals surface area contributed by atoms with E-state index < -0.39 is 28.7 Å². The number of ether oxygens (including phenoxy) is 2. The van der Waals surface area contributed by atoms with Crippen LogP contribution in [0.5, 0.6) is 17.6 Å². The molecule has 1 heterocycles. The van der Waals surface area contributed by atoms with E-state index in [2.05, 4.69) is 15.5 Å². The third kappa shape index (κ3) is 4.72. The maximum atomic E-state index is 13.7.